The highest BCUT2D eigenvalue weighted by Crippen LogP contribution is 2.28. The number of hydrogen-bond acceptors (Lipinski definition) is 6. The van der Waals surface area contributed by atoms with Crippen molar-refractivity contribution in [3.05, 3.63) is 82.2 Å². The first kappa shape index (κ1) is 20.7. The first-order valence-corrected chi connectivity index (χ1v) is 9.83. The summed E-state index contributed by atoms with van der Waals surface area (Å²) in [5.74, 6) is -0.583. The first-order valence-electron chi connectivity index (χ1n) is 9.46. The average Bonchev–Trinajstić information content (AvgIpc) is 3.34. The number of esters is 1. The first-order chi connectivity index (χ1) is 14.8. The molecule has 0 amide bonds. The van der Waals surface area contributed by atoms with Crippen LogP contribution in [0.4, 0.5) is 4.39 Å². The van der Waals surface area contributed by atoms with Crippen LogP contribution in [0.1, 0.15) is 40.5 Å². The Labute approximate surface area is 182 Å². The third-order valence-corrected chi connectivity index (χ3v) is 5.00. The lowest BCUT2D eigenvalue weighted by atomic mass is 10.1. The Morgan fingerprint density at radius 2 is 1.77 bits per heavy atom. The van der Waals surface area contributed by atoms with Crippen LogP contribution in [0.3, 0.4) is 0 Å². The summed E-state index contributed by atoms with van der Waals surface area (Å²) in [6.07, 6.45) is -0.802. The monoisotopic (exact) mass is 440 g/mol. The van der Waals surface area contributed by atoms with E-state index in [4.69, 9.17) is 20.8 Å². The van der Waals surface area contributed by atoms with Gasteiger partial charge in [0.25, 0.3) is 5.89 Å². The fourth-order valence-electron chi connectivity index (χ4n) is 2.97. The molecule has 7 nitrogen and oxygen atoms in total. The standard InChI is InChI=1S/C22H18ClFN4O3/c1-12-4-6-15(7-5-12)21-26-25-20(31-21)14(3)30-22(29)18-13(2)27-28(19(18)23)17-10-8-16(24)9-11-17/h4-11,14H,1-3H3. The molecule has 2 aromatic heterocycles. The molecule has 4 aromatic rings. The van der Waals surface area contributed by atoms with Crippen LogP contribution >= 0.6 is 11.6 Å². The second-order valence-electron chi connectivity index (χ2n) is 7.00. The zero-order valence-corrected chi connectivity index (χ0v) is 17.7. The molecule has 9 heteroatoms. The summed E-state index contributed by atoms with van der Waals surface area (Å²) >= 11 is 6.38. The minimum atomic E-state index is -0.802. The van der Waals surface area contributed by atoms with Gasteiger partial charge in [0, 0.05) is 5.56 Å². The van der Waals surface area contributed by atoms with Gasteiger partial charge in [-0.3, -0.25) is 0 Å². The lowest BCUT2D eigenvalue weighted by Gasteiger charge is -2.09. The van der Waals surface area contributed by atoms with Crippen molar-refractivity contribution in [3.63, 3.8) is 0 Å². The molecular weight excluding hydrogens is 423 g/mol. The van der Waals surface area contributed by atoms with Crippen molar-refractivity contribution >= 4 is 17.6 Å². The zero-order chi connectivity index (χ0) is 22.1. The van der Waals surface area contributed by atoms with Crippen molar-refractivity contribution in [2.24, 2.45) is 0 Å². The van der Waals surface area contributed by atoms with E-state index in [0.717, 1.165) is 11.1 Å². The SMILES string of the molecule is Cc1ccc(-c2nnc(C(C)OC(=O)c3c(C)nn(-c4ccc(F)cc4)c3Cl)o2)cc1. The van der Waals surface area contributed by atoms with Crippen LogP contribution < -0.4 is 0 Å². The highest BCUT2D eigenvalue weighted by molar-refractivity contribution is 6.33. The number of carbonyl (C=O) groups is 1. The number of benzene rings is 2. The largest absolute Gasteiger partial charge is 0.449 e. The molecule has 0 bridgehead atoms. The number of ether oxygens (including phenoxy) is 1. The number of hydrogen-bond donors (Lipinski definition) is 0. The van der Waals surface area contributed by atoms with Gasteiger partial charge < -0.3 is 9.15 Å². The lowest BCUT2D eigenvalue weighted by Crippen LogP contribution is -2.10. The second kappa shape index (κ2) is 8.31. The van der Waals surface area contributed by atoms with Gasteiger partial charge >= 0.3 is 5.97 Å². The third-order valence-electron chi connectivity index (χ3n) is 4.65. The Bertz CT molecular complexity index is 1230. The van der Waals surface area contributed by atoms with Gasteiger partial charge in [0.2, 0.25) is 5.89 Å². The van der Waals surface area contributed by atoms with Gasteiger partial charge in [0.05, 0.1) is 11.4 Å². The number of rotatable bonds is 5. The molecule has 2 aromatic carbocycles. The Morgan fingerprint density at radius 1 is 1.10 bits per heavy atom. The molecule has 0 fully saturated rings. The number of nitrogens with zero attached hydrogens (tertiary/aromatic N) is 4. The summed E-state index contributed by atoms with van der Waals surface area (Å²) in [6.45, 7) is 5.24. The van der Waals surface area contributed by atoms with Crippen molar-refractivity contribution in [2.75, 3.05) is 0 Å². The molecule has 0 radical (unpaired) electrons. The van der Waals surface area contributed by atoms with Gasteiger partial charge in [0.1, 0.15) is 16.5 Å². The quantitative estimate of drug-likeness (QED) is 0.394. The Balaban J connectivity index is 1.53. The van der Waals surface area contributed by atoms with Gasteiger partial charge in [0.15, 0.2) is 6.10 Å². The molecule has 0 saturated carbocycles. The third kappa shape index (κ3) is 4.20. The van der Waals surface area contributed by atoms with Gasteiger partial charge in [-0.05, 0) is 57.2 Å². The molecule has 31 heavy (non-hydrogen) atoms. The van der Waals surface area contributed by atoms with Gasteiger partial charge in [-0.1, -0.05) is 29.3 Å². The summed E-state index contributed by atoms with van der Waals surface area (Å²) in [5, 5.41) is 12.3. The van der Waals surface area contributed by atoms with E-state index in [2.05, 4.69) is 15.3 Å². The number of halogens is 2. The molecule has 0 N–H and O–H groups in total. The average molecular weight is 441 g/mol. The summed E-state index contributed by atoms with van der Waals surface area (Å²) in [7, 11) is 0. The van der Waals surface area contributed by atoms with Gasteiger partial charge in [-0.2, -0.15) is 5.10 Å². The van der Waals surface area contributed by atoms with E-state index in [1.54, 1.807) is 13.8 Å². The van der Waals surface area contributed by atoms with E-state index < -0.39 is 12.1 Å². The van der Waals surface area contributed by atoms with Gasteiger partial charge in [-0.15, -0.1) is 10.2 Å². The molecule has 2 heterocycles. The number of aromatic nitrogens is 4. The molecule has 0 spiro atoms. The van der Waals surface area contributed by atoms with E-state index >= 15 is 0 Å². The number of aryl methyl sites for hydroxylation is 2. The molecule has 1 unspecified atom stereocenters. The highest BCUT2D eigenvalue weighted by Gasteiger charge is 2.26. The topological polar surface area (TPSA) is 83.0 Å². The second-order valence-corrected chi connectivity index (χ2v) is 7.36. The van der Waals surface area contributed by atoms with E-state index in [0.29, 0.717) is 17.3 Å². The van der Waals surface area contributed by atoms with Crippen molar-refractivity contribution in [1.29, 1.82) is 0 Å². The van der Waals surface area contributed by atoms with Crippen molar-refractivity contribution in [2.45, 2.75) is 26.9 Å². The molecule has 0 aliphatic heterocycles. The smallest absolute Gasteiger partial charge is 0.344 e. The molecular formula is C22H18ClFN4O3. The fraction of sp³-hybridized carbons (Fsp3) is 0.182. The fourth-order valence-corrected chi connectivity index (χ4v) is 3.32. The summed E-state index contributed by atoms with van der Waals surface area (Å²) < 4.78 is 25.7. The van der Waals surface area contributed by atoms with Crippen LogP contribution in [-0.2, 0) is 4.74 Å². The van der Waals surface area contributed by atoms with E-state index in [9.17, 15) is 9.18 Å². The van der Waals surface area contributed by atoms with Crippen LogP contribution in [0.5, 0.6) is 0 Å². The predicted octanol–water partition coefficient (Wildman–Crippen LogP) is 5.25. The van der Waals surface area contributed by atoms with Crippen LogP contribution in [0.2, 0.25) is 5.15 Å². The van der Waals surface area contributed by atoms with Crippen LogP contribution in [-0.4, -0.2) is 25.9 Å². The van der Waals surface area contributed by atoms with Crippen molar-refractivity contribution < 1.29 is 18.3 Å². The molecule has 1 atom stereocenters. The highest BCUT2D eigenvalue weighted by atomic mass is 35.5. The van der Waals surface area contributed by atoms with Crippen LogP contribution in [0, 0.1) is 19.7 Å². The maximum atomic E-state index is 13.2. The van der Waals surface area contributed by atoms with Crippen LogP contribution in [0.15, 0.2) is 52.9 Å². The van der Waals surface area contributed by atoms with E-state index in [1.807, 2.05) is 31.2 Å². The lowest BCUT2D eigenvalue weighted by molar-refractivity contribution is 0.0279. The molecule has 0 aliphatic carbocycles. The molecule has 4 rings (SSSR count). The molecule has 0 saturated heterocycles. The normalized spacial score (nSPS) is 12.0. The van der Waals surface area contributed by atoms with Crippen molar-refractivity contribution in [3.8, 4) is 17.1 Å². The molecule has 0 aliphatic rings. The van der Waals surface area contributed by atoms with Gasteiger partial charge in [-0.25, -0.2) is 13.9 Å². The summed E-state index contributed by atoms with van der Waals surface area (Å²) in [4.78, 5) is 12.8. The van der Waals surface area contributed by atoms with E-state index in [-0.39, 0.29) is 22.4 Å². The number of carbonyl (C=O) groups excluding carboxylic acids is 1. The van der Waals surface area contributed by atoms with Crippen LogP contribution in [0.25, 0.3) is 17.1 Å². The summed E-state index contributed by atoms with van der Waals surface area (Å²) in [6, 6.07) is 13.2. The predicted molar refractivity (Wildman–Crippen MR) is 112 cm³/mol. The zero-order valence-electron chi connectivity index (χ0n) is 17.0. The maximum absolute atomic E-state index is 13.2. The summed E-state index contributed by atoms with van der Waals surface area (Å²) in [5.41, 5.74) is 2.87. The molecule has 158 valence electrons. The Hall–Kier alpha value is -3.52. The Morgan fingerprint density at radius 3 is 2.45 bits per heavy atom. The minimum Gasteiger partial charge on any atom is -0.449 e. The van der Waals surface area contributed by atoms with E-state index in [1.165, 1.54) is 28.9 Å². The minimum absolute atomic E-state index is 0.0622. The Kier molecular flexibility index (Phi) is 5.56. The maximum Gasteiger partial charge on any atom is 0.344 e. The van der Waals surface area contributed by atoms with Crippen molar-refractivity contribution in [1.82, 2.24) is 20.0 Å².